The van der Waals surface area contributed by atoms with Crippen molar-refractivity contribution in [3.63, 3.8) is 0 Å². The zero-order valence-electron chi connectivity index (χ0n) is 18.0. The van der Waals surface area contributed by atoms with Crippen molar-refractivity contribution in [2.75, 3.05) is 14.9 Å². The summed E-state index contributed by atoms with van der Waals surface area (Å²) in [6, 6.07) is 16.0. The summed E-state index contributed by atoms with van der Waals surface area (Å²) in [5.41, 5.74) is 2.68. The number of carbonyl (C=O) groups is 2. The van der Waals surface area contributed by atoms with Crippen LogP contribution in [0.15, 0.2) is 71.6 Å². The number of anilines is 3. The van der Waals surface area contributed by atoms with Crippen LogP contribution in [0.4, 0.5) is 21.5 Å². The van der Waals surface area contributed by atoms with Crippen LogP contribution in [0.5, 0.6) is 0 Å². The molecule has 0 fully saturated rings. The van der Waals surface area contributed by atoms with Crippen LogP contribution in [0.2, 0.25) is 0 Å². The maximum atomic E-state index is 13.3. The van der Waals surface area contributed by atoms with Gasteiger partial charge in [0.15, 0.2) is 0 Å². The second-order valence-electron chi connectivity index (χ2n) is 7.87. The summed E-state index contributed by atoms with van der Waals surface area (Å²) in [6.07, 6.45) is 0.439. The Balaban J connectivity index is 1.58. The highest BCUT2D eigenvalue weighted by Crippen LogP contribution is 2.37. The summed E-state index contributed by atoms with van der Waals surface area (Å²) in [5, 5.41) is 5.45. The van der Waals surface area contributed by atoms with Crippen molar-refractivity contribution in [1.29, 1.82) is 0 Å². The molecule has 0 spiro atoms. The molecule has 3 aromatic rings. The predicted octanol–water partition coefficient (Wildman–Crippen LogP) is 4.18. The van der Waals surface area contributed by atoms with Gasteiger partial charge in [0.25, 0.3) is 15.9 Å². The van der Waals surface area contributed by atoms with Crippen LogP contribution in [0.1, 0.15) is 29.8 Å². The van der Waals surface area contributed by atoms with Crippen LogP contribution in [0.25, 0.3) is 0 Å². The van der Waals surface area contributed by atoms with E-state index in [9.17, 15) is 22.4 Å². The van der Waals surface area contributed by atoms with Gasteiger partial charge in [-0.1, -0.05) is 6.07 Å². The number of nitrogens with one attached hydrogen (secondary N) is 2. The van der Waals surface area contributed by atoms with E-state index in [2.05, 4.69) is 10.6 Å². The maximum Gasteiger partial charge on any atom is 0.264 e. The van der Waals surface area contributed by atoms with Crippen LogP contribution >= 0.6 is 0 Å². The molecule has 0 aliphatic carbocycles. The largest absolute Gasteiger partial charge is 0.326 e. The lowest BCUT2D eigenvalue weighted by Gasteiger charge is -2.24. The Hall–Kier alpha value is -3.72. The Bertz CT molecular complexity index is 1340. The Kier molecular flexibility index (Phi) is 5.90. The smallest absolute Gasteiger partial charge is 0.264 e. The van der Waals surface area contributed by atoms with Gasteiger partial charge in [-0.3, -0.25) is 13.9 Å². The number of hydrogen-bond acceptors (Lipinski definition) is 4. The van der Waals surface area contributed by atoms with Crippen molar-refractivity contribution in [2.45, 2.75) is 31.2 Å². The average molecular weight is 468 g/mol. The van der Waals surface area contributed by atoms with Gasteiger partial charge in [-0.05, 0) is 79.6 Å². The SMILES string of the molecule is CC(=O)Nc1cccc(NC(=O)c2ccc3c(c2)C[C@@H](C)N3S(=O)(=O)c2ccc(F)cc2)c1. The van der Waals surface area contributed by atoms with Gasteiger partial charge in [0.05, 0.1) is 10.6 Å². The fraction of sp³-hybridized carbons (Fsp3) is 0.167. The van der Waals surface area contributed by atoms with Crippen molar-refractivity contribution in [2.24, 2.45) is 0 Å². The molecule has 2 amide bonds. The van der Waals surface area contributed by atoms with E-state index < -0.39 is 15.8 Å². The third-order valence-electron chi connectivity index (χ3n) is 5.31. The Morgan fingerprint density at radius 3 is 2.30 bits per heavy atom. The molecule has 170 valence electrons. The van der Waals surface area contributed by atoms with Gasteiger partial charge in [-0.15, -0.1) is 0 Å². The van der Waals surface area contributed by atoms with Gasteiger partial charge in [0.1, 0.15) is 5.82 Å². The lowest BCUT2D eigenvalue weighted by atomic mass is 10.1. The number of sulfonamides is 1. The van der Waals surface area contributed by atoms with E-state index >= 15 is 0 Å². The Morgan fingerprint density at radius 2 is 1.64 bits per heavy atom. The van der Waals surface area contributed by atoms with E-state index in [0.29, 0.717) is 29.0 Å². The Labute approximate surface area is 191 Å². The fourth-order valence-electron chi connectivity index (χ4n) is 3.91. The first-order valence-electron chi connectivity index (χ1n) is 10.3. The minimum Gasteiger partial charge on any atom is -0.326 e. The van der Waals surface area contributed by atoms with Crippen molar-refractivity contribution in [3.8, 4) is 0 Å². The van der Waals surface area contributed by atoms with E-state index in [1.807, 2.05) is 0 Å². The quantitative estimate of drug-likeness (QED) is 0.589. The van der Waals surface area contributed by atoms with Gasteiger partial charge in [0.2, 0.25) is 5.91 Å². The second kappa shape index (κ2) is 8.67. The lowest BCUT2D eigenvalue weighted by molar-refractivity contribution is -0.114. The molecule has 33 heavy (non-hydrogen) atoms. The molecular formula is C24H22FN3O4S. The summed E-state index contributed by atoms with van der Waals surface area (Å²) in [5.74, 6) is -1.08. The summed E-state index contributed by atoms with van der Waals surface area (Å²) in [4.78, 5) is 24.0. The van der Waals surface area contributed by atoms with Gasteiger partial charge in [-0.25, -0.2) is 12.8 Å². The van der Waals surface area contributed by atoms with Crippen molar-refractivity contribution in [3.05, 3.63) is 83.7 Å². The molecule has 1 aliphatic heterocycles. The first-order valence-corrected chi connectivity index (χ1v) is 11.7. The average Bonchev–Trinajstić information content (AvgIpc) is 3.09. The number of rotatable bonds is 5. The number of fused-ring (bicyclic) bond motifs is 1. The fourth-order valence-corrected chi connectivity index (χ4v) is 5.60. The molecule has 0 saturated carbocycles. The minimum atomic E-state index is -3.88. The third-order valence-corrected chi connectivity index (χ3v) is 7.25. The highest BCUT2D eigenvalue weighted by Gasteiger charge is 2.36. The number of amides is 2. The molecule has 0 saturated heterocycles. The number of hydrogen-bond donors (Lipinski definition) is 2. The first-order chi connectivity index (χ1) is 15.6. The molecule has 0 radical (unpaired) electrons. The minimum absolute atomic E-state index is 0.00414. The van der Waals surface area contributed by atoms with Crippen molar-refractivity contribution < 1.29 is 22.4 Å². The van der Waals surface area contributed by atoms with Crippen LogP contribution < -0.4 is 14.9 Å². The molecular weight excluding hydrogens is 445 g/mol. The molecule has 4 rings (SSSR count). The molecule has 0 aromatic heterocycles. The molecule has 0 bridgehead atoms. The zero-order valence-corrected chi connectivity index (χ0v) is 18.8. The number of nitrogens with zero attached hydrogens (tertiary/aromatic N) is 1. The maximum absolute atomic E-state index is 13.3. The molecule has 1 atom stereocenters. The van der Waals surface area contributed by atoms with Crippen LogP contribution in [0, 0.1) is 5.82 Å². The highest BCUT2D eigenvalue weighted by atomic mass is 32.2. The zero-order chi connectivity index (χ0) is 23.8. The second-order valence-corrected chi connectivity index (χ2v) is 9.68. The predicted molar refractivity (Wildman–Crippen MR) is 124 cm³/mol. The van der Waals surface area contributed by atoms with Gasteiger partial charge >= 0.3 is 0 Å². The lowest BCUT2D eigenvalue weighted by Crippen LogP contribution is -2.35. The number of benzene rings is 3. The van der Waals surface area contributed by atoms with Crippen molar-refractivity contribution >= 4 is 38.9 Å². The van der Waals surface area contributed by atoms with Crippen LogP contribution in [0.3, 0.4) is 0 Å². The van der Waals surface area contributed by atoms with Crippen molar-refractivity contribution in [1.82, 2.24) is 0 Å². The van der Waals surface area contributed by atoms with E-state index in [1.165, 1.54) is 23.4 Å². The van der Waals surface area contributed by atoms with Crippen LogP contribution in [-0.2, 0) is 21.2 Å². The van der Waals surface area contributed by atoms with E-state index in [-0.39, 0.29) is 22.8 Å². The van der Waals surface area contributed by atoms with E-state index in [4.69, 9.17) is 0 Å². The molecule has 7 nitrogen and oxygen atoms in total. The summed E-state index contributed by atoms with van der Waals surface area (Å²) < 4.78 is 40.9. The highest BCUT2D eigenvalue weighted by molar-refractivity contribution is 7.92. The first kappa shape index (κ1) is 22.5. The molecule has 0 unspecified atom stereocenters. The summed E-state index contributed by atoms with van der Waals surface area (Å²) >= 11 is 0. The molecule has 1 aliphatic rings. The molecule has 9 heteroatoms. The monoisotopic (exact) mass is 467 g/mol. The van der Waals surface area contributed by atoms with Gasteiger partial charge < -0.3 is 10.6 Å². The molecule has 3 aromatic carbocycles. The topological polar surface area (TPSA) is 95.6 Å². The standard InChI is InChI=1S/C24H22FN3O4S/c1-15-12-18-13-17(24(30)27-21-5-3-4-20(14-21)26-16(2)29)6-11-23(18)28(15)33(31,32)22-9-7-19(25)8-10-22/h3-11,13-15H,12H2,1-2H3,(H,26,29)(H,27,30)/t15-/m1/s1. The number of halogens is 1. The van der Waals surface area contributed by atoms with E-state index in [1.54, 1.807) is 49.4 Å². The van der Waals surface area contributed by atoms with Gasteiger partial charge in [0, 0.05) is 29.9 Å². The molecule has 1 heterocycles. The summed E-state index contributed by atoms with van der Waals surface area (Å²) in [7, 11) is -3.88. The van der Waals surface area contributed by atoms with Crippen LogP contribution in [-0.4, -0.2) is 26.3 Å². The van der Waals surface area contributed by atoms with Gasteiger partial charge in [-0.2, -0.15) is 0 Å². The third kappa shape index (κ3) is 4.58. The summed E-state index contributed by atoms with van der Waals surface area (Å²) in [6.45, 7) is 3.19. The number of carbonyl (C=O) groups excluding carboxylic acids is 2. The molecule has 2 N–H and O–H groups in total. The normalized spacial score (nSPS) is 15.1. The van der Waals surface area contributed by atoms with E-state index in [0.717, 1.165) is 17.7 Å². The Morgan fingerprint density at radius 1 is 0.970 bits per heavy atom.